The summed E-state index contributed by atoms with van der Waals surface area (Å²) in [6, 6.07) is 8.20. The number of aromatic nitrogens is 1. The SMILES string of the molecule is CCC(=NC)Nc1cc2cccc(Br)c2nc1C. The molecule has 0 amide bonds. The fourth-order valence-electron chi connectivity index (χ4n) is 1.84. The molecule has 4 heteroatoms. The van der Waals surface area contributed by atoms with Crippen LogP contribution in [0.25, 0.3) is 10.9 Å². The minimum Gasteiger partial charge on any atom is -0.343 e. The minimum absolute atomic E-state index is 0.881. The fraction of sp³-hybridized carbons (Fsp3) is 0.286. The van der Waals surface area contributed by atoms with Gasteiger partial charge in [-0.05, 0) is 35.0 Å². The molecule has 0 fully saturated rings. The standard InChI is InChI=1S/C14H16BrN3/c1-4-13(16-3)18-12-8-10-6-5-7-11(15)14(10)17-9(12)2/h5-8H,4H2,1-3H3,(H,16,18). The number of para-hydroxylation sites is 1. The smallest absolute Gasteiger partial charge is 0.100 e. The van der Waals surface area contributed by atoms with Crippen LogP contribution in [-0.4, -0.2) is 17.9 Å². The summed E-state index contributed by atoms with van der Waals surface area (Å²) in [6.45, 7) is 4.08. The van der Waals surface area contributed by atoms with Crippen molar-refractivity contribution >= 4 is 38.4 Å². The van der Waals surface area contributed by atoms with Crippen molar-refractivity contribution in [2.24, 2.45) is 4.99 Å². The second-order valence-electron chi connectivity index (χ2n) is 4.08. The molecule has 1 N–H and O–H groups in total. The molecule has 0 radical (unpaired) electrons. The highest BCUT2D eigenvalue weighted by atomic mass is 79.9. The van der Waals surface area contributed by atoms with Crippen molar-refractivity contribution in [2.75, 3.05) is 12.4 Å². The lowest BCUT2D eigenvalue weighted by atomic mass is 10.2. The molecule has 2 rings (SSSR count). The van der Waals surface area contributed by atoms with E-state index in [1.807, 2.05) is 19.1 Å². The highest BCUT2D eigenvalue weighted by Crippen LogP contribution is 2.26. The predicted octanol–water partition coefficient (Wildman–Crippen LogP) is 4.16. The zero-order valence-electron chi connectivity index (χ0n) is 10.8. The number of anilines is 1. The first-order valence-corrected chi connectivity index (χ1v) is 6.73. The van der Waals surface area contributed by atoms with Crippen molar-refractivity contribution in [2.45, 2.75) is 20.3 Å². The molecule has 0 aliphatic carbocycles. The number of pyridine rings is 1. The molecule has 0 spiro atoms. The number of amidine groups is 1. The second-order valence-corrected chi connectivity index (χ2v) is 4.94. The van der Waals surface area contributed by atoms with Crippen LogP contribution in [0.2, 0.25) is 0 Å². The minimum atomic E-state index is 0.881. The van der Waals surface area contributed by atoms with Gasteiger partial charge in [0.05, 0.1) is 16.9 Å². The van der Waals surface area contributed by atoms with Gasteiger partial charge >= 0.3 is 0 Å². The Kier molecular flexibility index (Phi) is 3.97. The first kappa shape index (κ1) is 13.0. The molecule has 1 aromatic heterocycles. The summed E-state index contributed by atoms with van der Waals surface area (Å²) in [4.78, 5) is 8.84. The largest absolute Gasteiger partial charge is 0.343 e. The van der Waals surface area contributed by atoms with Gasteiger partial charge in [-0.15, -0.1) is 0 Å². The summed E-state index contributed by atoms with van der Waals surface area (Å²) < 4.78 is 1.02. The van der Waals surface area contributed by atoms with Crippen molar-refractivity contribution < 1.29 is 0 Å². The van der Waals surface area contributed by atoms with Crippen molar-refractivity contribution in [3.8, 4) is 0 Å². The van der Waals surface area contributed by atoms with Gasteiger partial charge in [0.1, 0.15) is 5.84 Å². The average Bonchev–Trinajstić information content (AvgIpc) is 2.37. The summed E-state index contributed by atoms with van der Waals surface area (Å²) in [5.74, 6) is 0.967. The van der Waals surface area contributed by atoms with E-state index in [1.165, 1.54) is 0 Å². The molecule has 0 aliphatic heterocycles. The molecular weight excluding hydrogens is 290 g/mol. The van der Waals surface area contributed by atoms with E-state index in [9.17, 15) is 0 Å². The summed E-state index contributed by atoms with van der Waals surface area (Å²) in [7, 11) is 1.80. The average molecular weight is 306 g/mol. The van der Waals surface area contributed by atoms with Gasteiger partial charge in [0.2, 0.25) is 0 Å². The molecule has 0 aliphatic rings. The molecule has 0 bridgehead atoms. The van der Waals surface area contributed by atoms with Crippen LogP contribution < -0.4 is 5.32 Å². The third kappa shape index (κ3) is 2.53. The van der Waals surface area contributed by atoms with Crippen molar-refractivity contribution in [1.82, 2.24) is 4.98 Å². The molecule has 18 heavy (non-hydrogen) atoms. The third-order valence-corrected chi connectivity index (χ3v) is 3.51. The van der Waals surface area contributed by atoms with Crippen molar-refractivity contribution in [3.05, 3.63) is 34.4 Å². The van der Waals surface area contributed by atoms with Crippen LogP contribution in [0.15, 0.2) is 33.7 Å². The third-order valence-electron chi connectivity index (χ3n) is 2.87. The van der Waals surface area contributed by atoms with E-state index in [4.69, 9.17) is 0 Å². The highest BCUT2D eigenvalue weighted by Gasteiger charge is 2.06. The molecule has 0 saturated carbocycles. The van der Waals surface area contributed by atoms with Crippen molar-refractivity contribution in [3.63, 3.8) is 0 Å². The van der Waals surface area contributed by atoms with E-state index in [0.29, 0.717) is 0 Å². The Balaban J connectivity index is 2.50. The zero-order chi connectivity index (χ0) is 13.1. The van der Waals surface area contributed by atoms with E-state index >= 15 is 0 Å². The number of benzene rings is 1. The Morgan fingerprint density at radius 1 is 1.44 bits per heavy atom. The van der Waals surface area contributed by atoms with Crippen LogP contribution in [-0.2, 0) is 0 Å². The van der Waals surface area contributed by atoms with Gasteiger partial charge < -0.3 is 5.32 Å². The predicted molar refractivity (Wildman–Crippen MR) is 81.5 cm³/mol. The Labute approximate surface area is 115 Å². The Hall–Kier alpha value is -1.42. The Morgan fingerprint density at radius 3 is 2.89 bits per heavy atom. The van der Waals surface area contributed by atoms with Gasteiger partial charge in [-0.2, -0.15) is 0 Å². The number of nitrogens with one attached hydrogen (secondary N) is 1. The Morgan fingerprint density at radius 2 is 2.22 bits per heavy atom. The lowest BCUT2D eigenvalue weighted by molar-refractivity contribution is 1.21. The maximum Gasteiger partial charge on any atom is 0.100 e. The van der Waals surface area contributed by atoms with Crippen LogP contribution in [0.5, 0.6) is 0 Å². The molecule has 94 valence electrons. The number of fused-ring (bicyclic) bond motifs is 1. The molecule has 2 aromatic rings. The number of halogens is 1. The van der Waals surface area contributed by atoms with Gasteiger partial charge in [-0.1, -0.05) is 19.1 Å². The lowest BCUT2D eigenvalue weighted by Crippen LogP contribution is -2.11. The normalized spacial score (nSPS) is 11.9. The zero-order valence-corrected chi connectivity index (χ0v) is 12.4. The number of hydrogen-bond donors (Lipinski definition) is 1. The first-order chi connectivity index (χ1) is 8.65. The van der Waals surface area contributed by atoms with Crippen LogP contribution >= 0.6 is 15.9 Å². The molecule has 0 saturated heterocycles. The number of rotatable bonds is 2. The van der Waals surface area contributed by atoms with E-state index < -0.39 is 0 Å². The van der Waals surface area contributed by atoms with Crippen LogP contribution in [0, 0.1) is 6.92 Å². The number of aryl methyl sites for hydroxylation is 1. The number of aliphatic imine (C=N–C) groups is 1. The quantitative estimate of drug-likeness (QED) is 0.668. The number of nitrogens with zero attached hydrogens (tertiary/aromatic N) is 2. The number of hydrogen-bond acceptors (Lipinski definition) is 2. The van der Waals surface area contributed by atoms with Gasteiger partial charge in [0, 0.05) is 23.3 Å². The Bertz CT molecular complexity index is 605. The highest BCUT2D eigenvalue weighted by molar-refractivity contribution is 9.10. The van der Waals surface area contributed by atoms with Crippen LogP contribution in [0.3, 0.4) is 0 Å². The van der Waals surface area contributed by atoms with E-state index in [0.717, 1.165) is 39.0 Å². The van der Waals surface area contributed by atoms with E-state index in [-0.39, 0.29) is 0 Å². The van der Waals surface area contributed by atoms with E-state index in [2.05, 4.69) is 50.3 Å². The van der Waals surface area contributed by atoms with Gasteiger partial charge in [-0.25, -0.2) is 4.98 Å². The maximum absolute atomic E-state index is 4.63. The summed E-state index contributed by atoms with van der Waals surface area (Å²) in [5.41, 5.74) is 2.99. The molecular formula is C14H16BrN3. The topological polar surface area (TPSA) is 37.3 Å². The maximum atomic E-state index is 4.63. The van der Waals surface area contributed by atoms with Crippen LogP contribution in [0.1, 0.15) is 19.0 Å². The lowest BCUT2D eigenvalue weighted by Gasteiger charge is -2.11. The second kappa shape index (κ2) is 5.48. The summed E-state index contributed by atoms with van der Waals surface area (Å²) >= 11 is 3.53. The summed E-state index contributed by atoms with van der Waals surface area (Å²) in [5, 5.41) is 4.45. The fourth-order valence-corrected chi connectivity index (χ4v) is 2.31. The molecule has 3 nitrogen and oxygen atoms in total. The van der Waals surface area contributed by atoms with Crippen LogP contribution in [0.4, 0.5) is 5.69 Å². The molecule has 0 atom stereocenters. The van der Waals surface area contributed by atoms with Gasteiger partial charge in [0.25, 0.3) is 0 Å². The summed E-state index contributed by atoms with van der Waals surface area (Å²) in [6.07, 6.45) is 0.881. The molecule has 1 heterocycles. The molecule has 0 unspecified atom stereocenters. The van der Waals surface area contributed by atoms with Gasteiger partial charge in [0.15, 0.2) is 0 Å². The monoisotopic (exact) mass is 305 g/mol. The van der Waals surface area contributed by atoms with Crippen molar-refractivity contribution in [1.29, 1.82) is 0 Å². The van der Waals surface area contributed by atoms with Gasteiger partial charge in [-0.3, -0.25) is 4.99 Å². The molecule has 1 aromatic carbocycles. The first-order valence-electron chi connectivity index (χ1n) is 5.94. The van der Waals surface area contributed by atoms with E-state index in [1.54, 1.807) is 7.05 Å².